The van der Waals surface area contributed by atoms with Crippen LogP contribution in [0.15, 0.2) is 57.5 Å². The Morgan fingerprint density at radius 3 is 2.62 bits per heavy atom. The number of carbonyl (C=O) groups is 1. The highest BCUT2D eigenvalue weighted by Gasteiger charge is 2.34. The predicted molar refractivity (Wildman–Crippen MR) is 155 cm³/mol. The maximum atomic E-state index is 13.8. The van der Waals surface area contributed by atoms with E-state index in [1.54, 1.807) is 51.3 Å². The molecule has 0 amide bonds. The number of hydrogen-bond acceptors (Lipinski definition) is 7. The third kappa shape index (κ3) is 6.24. The minimum atomic E-state index is -0.772. The number of methoxy groups -OCH3 is 1. The van der Waals surface area contributed by atoms with Crippen molar-refractivity contribution in [2.75, 3.05) is 20.3 Å². The second kappa shape index (κ2) is 12.9. The lowest BCUT2D eigenvalue weighted by atomic mass is 9.95. The number of fused-ring (bicyclic) bond motifs is 1. The summed E-state index contributed by atoms with van der Waals surface area (Å²) in [7, 11) is 1.56. The van der Waals surface area contributed by atoms with Crippen LogP contribution in [0.5, 0.6) is 11.5 Å². The average molecular weight is 590 g/mol. The number of hydrogen-bond donors (Lipinski definition) is 0. The molecule has 3 aromatic rings. The third-order valence-electron chi connectivity index (χ3n) is 6.28. The largest absolute Gasteiger partial charge is 0.493 e. The highest BCUT2D eigenvalue weighted by molar-refractivity contribution is 7.07. The molecule has 1 aliphatic heterocycles. The van der Waals surface area contributed by atoms with Crippen LogP contribution in [0.4, 0.5) is 0 Å². The van der Waals surface area contributed by atoms with Crippen molar-refractivity contribution >= 4 is 46.6 Å². The summed E-state index contributed by atoms with van der Waals surface area (Å²) >= 11 is 13.6. The molecule has 1 aliphatic rings. The first-order valence-corrected chi connectivity index (χ1v) is 14.3. The quantitative estimate of drug-likeness (QED) is 0.225. The minimum Gasteiger partial charge on any atom is -0.493 e. The number of ether oxygens (including phenoxy) is 3. The number of thiazole rings is 1. The maximum Gasteiger partial charge on any atom is 0.338 e. The Hall–Kier alpha value is -3.07. The summed E-state index contributed by atoms with van der Waals surface area (Å²) in [5.41, 5.74) is 1.79. The van der Waals surface area contributed by atoms with Crippen LogP contribution in [0, 0.1) is 0 Å². The van der Waals surface area contributed by atoms with E-state index >= 15 is 0 Å². The summed E-state index contributed by atoms with van der Waals surface area (Å²) < 4.78 is 18.9. The molecule has 0 bridgehead atoms. The zero-order valence-electron chi connectivity index (χ0n) is 22.3. The molecule has 10 heteroatoms. The van der Waals surface area contributed by atoms with Crippen molar-refractivity contribution in [1.82, 2.24) is 4.57 Å². The number of rotatable bonds is 10. The van der Waals surface area contributed by atoms with Gasteiger partial charge in [0.2, 0.25) is 0 Å². The lowest BCUT2D eigenvalue weighted by molar-refractivity contribution is -0.139. The van der Waals surface area contributed by atoms with Gasteiger partial charge in [0.1, 0.15) is 0 Å². The van der Waals surface area contributed by atoms with Crippen LogP contribution >= 0.6 is 34.5 Å². The number of benzene rings is 2. The van der Waals surface area contributed by atoms with Crippen LogP contribution in [0.25, 0.3) is 6.08 Å². The van der Waals surface area contributed by atoms with E-state index in [2.05, 4.69) is 11.9 Å². The first-order valence-electron chi connectivity index (χ1n) is 12.7. The van der Waals surface area contributed by atoms with Crippen LogP contribution in [0.3, 0.4) is 0 Å². The minimum absolute atomic E-state index is 0.190. The van der Waals surface area contributed by atoms with Gasteiger partial charge >= 0.3 is 5.97 Å². The van der Waals surface area contributed by atoms with E-state index in [4.69, 9.17) is 37.4 Å². The van der Waals surface area contributed by atoms with Gasteiger partial charge in [0.05, 0.1) is 42.2 Å². The summed E-state index contributed by atoms with van der Waals surface area (Å²) in [5, 5.41) is 0.924. The smallest absolute Gasteiger partial charge is 0.338 e. The van der Waals surface area contributed by atoms with Crippen molar-refractivity contribution in [2.45, 2.75) is 46.1 Å². The van der Waals surface area contributed by atoms with Crippen molar-refractivity contribution in [3.05, 3.63) is 88.5 Å². The Labute approximate surface area is 241 Å². The van der Waals surface area contributed by atoms with Gasteiger partial charge in [-0.3, -0.25) is 9.36 Å². The predicted octanol–water partition coefficient (Wildman–Crippen LogP) is 5.68. The van der Waals surface area contributed by atoms with Crippen LogP contribution in [0.1, 0.15) is 57.2 Å². The molecule has 0 fully saturated rings. The summed E-state index contributed by atoms with van der Waals surface area (Å²) in [5.74, 6) is 0.579. The van der Waals surface area contributed by atoms with Crippen LogP contribution in [-0.2, 0) is 9.53 Å². The second-order valence-corrected chi connectivity index (χ2v) is 10.8. The van der Waals surface area contributed by atoms with Crippen LogP contribution < -0.4 is 24.4 Å². The fourth-order valence-corrected chi connectivity index (χ4v) is 5.87. The molecule has 4 rings (SSSR count). The van der Waals surface area contributed by atoms with E-state index < -0.39 is 12.0 Å². The maximum absolute atomic E-state index is 13.8. The van der Waals surface area contributed by atoms with E-state index in [1.165, 1.54) is 15.9 Å². The van der Waals surface area contributed by atoms with E-state index in [0.29, 0.717) is 59.9 Å². The standard InChI is InChI=1S/C29H30Cl2N2O5S/c1-5-7-8-13-38-22-12-10-19(14-23(22)36-4)26-25(28(35)37-6-2)17(3)32-29-33(26)27(34)24(39-29)15-18-9-11-20(30)16-21(18)31/h9-12,14-16,26H,5-8,13H2,1-4H3. The highest BCUT2D eigenvalue weighted by Crippen LogP contribution is 2.36. The first-order chi connectivity index (χ1) is 18.8. The van der Waals surface area contributed by atoms with Crippen molar-refractivity contribution in [3.63, 3.8) is 0 Å². The molecule has 39 heavy (non-hydrogen) atoms. The van der Waals surface area contributed by atoms with Crippen molar-refractivity contribution in [1.29, 1.82) is 0 Å². The number of carbonyl (C=O) groups excluding carboxylic acids is 1. The summed E-state index contributed by atoms with van der Waals surface area (Å²) in [6, 6.07) is 9.75. The topological polar surface area (TPSA) is 79.1 Å². The molecule has 1 aromatic heterocycles. The summed E-state index contributed by atoms with van der Waals surface area (Å²) in [6.07, 6.45) is 4.81. The molecule has 0 spiro atoms. The molecule has 7 nitrogen and oxygen atoms in total. The lowest BCUT2D eigenvalue weighted by Gasteiger charge is -2.25. The van der Waals surface area contributed by atoms with Gasteiger partial charge in [0.15, 0.2) is 16.3 Å². The molecule has 0 saturated heterocycles. The van der Waals surface area contributed by atoms with Crippen LogP contribution in [0.2, 0.25) is 10.0 Å². The monoisotopic (exact) mass is 588 g/mol. The zero-order chi connectivity index (χ0) is 28.1. The molecule has 1 unspecified atom stereocenters. The van der Waals surface area contributed by atoms with E-state index in [1.807, 2.05) is 12.1 Å². The number of aromatic nitrogens is 1. The van der Waals surface area contributed by atoms with Gasteiger partial charge in [-0.2, -0.15) is 0 Å². The van der Waals surface area contributed by atoms with Gasteiger partial charge in [-0.15, -0.1) is 0 Å². The van der Waals surface area contributed by atoms with E-state index in [0.717, 1.165) is 19.3 Å². The Bertz CT molecular complexity index is 1590. The molecule has 1 atom stereocenters. The van der Waals surface area contributed by atoms with Gasteiger partial charge in [-0.25, -0.2) is 9.79 Å². The van der Waals surface area contributed by atoms with Crippen molar-refractivity contribution < 1.29 is 19.0 Å². The Morgan fingerprint density at radius 1 is 1.13 bits per heavy atom. The molecule has 2 aromatic carbocycles. The first kappa shape index (κ1) is 28.9. The summed E-state index contributed by atoms with van der Waals surface area (Å²) in [6.45, 7) is 6.38. The Balaban J connectivity index is 1.87. The normalized spacial score (nSPS) is 15.1. The number of unbranched alkanes of at least 4 members (excludes halogenated alkanes) is 2. The van der Waals surface area contributed by atoms with Gasteiger partial charge in [-0.05, 0) is 61.7 Å². The molecule has 2 heterocycles. The van der Waals surface area contributed by atoms with Gasteiger partial charge in [-0.1, -0.05) is 66.4 Å². The van der Waals surface area contributed by atoms with E-state index in [9.17, 15) is 9.59 Å². The van der Waals surface area contributed by atoms with Crippen molar-refractivity contribution in [3.8, 4) is 11.5 Å². The van der Waals surface area contributed by atoms with Gasteiger partial charge in [0.25, 0.3) is 5.56 Å². The second-order valence-electron chi connectivity index (χ2n) is 8.93. The summed E-state index contributed by atoms with van der Waals surface area (Å²) in [4.78, 5) is 32.1. The molecule has 0 radical (unpaired) electrons. The van der Waals surface area contributed by atoms with Crippen molar-refractivity contribution in [2.24, 2.45) is 4.99 Å². The van der Waals surface area contributed by atoms with Crippen LogP contribution in [-0.4, -0.2) is 30.9 Å². The number of nitrogens with zero attached hydrogens (tertiary/aromatic N) is 2. The molecular weight excluding hydrogens is 559 g/mol. The molecule has 0 aliphatic carbocycles. The number of halogens is 2. The Morgan fingerprint density at radius 2 is 1.92 bits per heavy atom. The SMILES string of the molecule is CCCCCOc1ccc(C2C(C(=O)OCC)=C(C)N=c3sc(=Cc4ccc(Cl)cc4Cl)c(=O)n32)cc1OC. The van der Waals surface area contributed by atoms with E-state index in [-0.39, 0.29) is 12.2 Å². The fraction of sp³-hybridized carbons (Fsp3) is 0.345. The third-order valence-corrected chi connectivity index (χ3v) is 7.82. The molecule has 0 N–H and O–H groups in total. The Kier molecular flexibility index (Phi) is 9.53. The molecule has 0 saturated carbocycles. The zero-order valence-corrected chi connectivity index (χ0v) is 24.6. The molecule has 206 valence electrons. The number of esters is 1. The lowest BCUT2D eigenvalue weighted by Crippen LogP contribution is -2.40. The van der Waals surface area contributed by atoms with Gasteiger partial charge in [0, 0.05) is 10.0 Å². The molecular formula is C29H30Cl2N2O5S. The average Bonchev–Trinajstić information content (AvgIpc) is 3.21. The highest BCUT2D eigenvalue weighted by atomic mass is 35.5. The number of allylic oxidation sites excluding steroid dienone is 1. The van der Waals surface area contributed by atoms with Gasteiger partial charge < -0.3 is 14.2 Å². The fourth-order valence-electron chi connectivity index (χ4n) is 4.37.